The summed E-state index contributed by atoms with van der Waals surface area (Å²) in [5.74, 6) is 0.0304. The Kier molecular flexibility index (Phi) is 9.01. The topological polar surface area (TPSA) is 93.1 Å². The van der Waals surface area contributed by atoms with Crippen LogP contribution in [0.2, 0.25) is 0 Å². The molecule has 0 heterocycles. The van der Waals surface area contributed by atoms with E-state index in [1.807, 2.05) is 42.5 Å². The molecular formula is C21H28O6. The van der Waals surface area contributed by atoms with Crippen LogP contribution < -0.4 is 4.74 Å². The lowest BCUT2D eigenvalue weighted by Crippen LogP contribution is -2.26. The summed E-state index contributed by atoms with van der Waals surface area (Å²) in [6.07, 6.45) is 5.64. The van der Waals surface area contributed by atoms with Crippen LogP contribution in [0.3, 0.4) is 0 Å². The quantitative estimate of drug-likeness (QED) is 0.350. The molecule has 1 aliphatic carbocycles. The minimum absolute atomic E-state index is 0.0350. The molecule has 0 radical (unpaired) electrons. The van der Waals surface area contributed by atoms with E-state index in [1.54, 1.807) is 0 Å². The number of carbonyl (C=O) groups is 2. The van der Waals surface area contributed by atoms with Crippen molar-refractivity contribution < 1.29 is 29.3 Å². The van der Waals surface area contributed by atoms with Crippen molar-refractivity contribution in [2.24, 2.45) is 11.8 Å². The number of carbonyl (C=O) groups excluding carboxylic acids is 2. The van der Waals surface area contributed by atoms with Crippen LogP contribution >= 0.6 is 0 Å². The molecule has 148 valence electrons. The molecule has 1 aliphatic rings. The summed E-state index contributed by atoms with van der Waals surface area (Å²) in [5, 5.41) is 18.8. The molecule has 1 aromatic carbocycles. The van der Waals surface area contributed by atoms with Gasteiger partial charge in [0.05, 0.1) is 19.3 Å². The number of aliphatic hydroxyl groups excluding tert-OH is 2. The minimum atomic E-state index is -0.666. The molecule has 0 aliphatic heterocycles. The molecule has 2 rings (SSSR count). The number of para-hydroxylation sites is 1. The van der Waals surface area contributed by atoms with Crippen LogP contribution in [0.1, 0.15) is 32.1 Å². The van der Waals surface area contributed by atoms with Crippen LogP contribution in [0.5, 0.6) is 5.75 Å². The van der Waals surface area contributed by atoms with Crippen molar-refractivity contribution in [2.45, 2.75) is 38.2 Å². The van der Waals surface area contributed by atoms with Gasteiger partial charge in [-0.2, -0.15) is 0 Å². The smallest absolute Gasteiger partial charge is 0.305 e. The fourth-order valence-corrected chi connectivity index (χ4v) is 3.22. The molecule has 6 nitrogen and oxygen atoms in total. The second-order valence-electron chi connectivity index (χ2n) is 6.68. The maximum absolute atomic E-state index is 12.2. The Hall–Kier alpha value is -2.18. The third kappa shape index (κ3) is 7.15. The van der Waals surface area contributed by atoms with Gasteiger partial charge in [0, 0.05) is 24.7 Å². The number of rotatable bonds is 11. The molecule has 27 heavy (non-hydrogen) atoms. The number of hydrogen-bond acceptors (Lipinski definition) is 6. The monoisotopic (exact) mass is 376 g/mol. The maximum atomic E-state index is 12.2. The SMILES string of the molecule is O=C(CCC/C=C\C[C@H]1C(=O)C[C@@H](O)[C@@H]1COc1ccccc1)OCCO. The summed E-state index contributed by atoms with van der Waals surface area (Å²) < 4.78 is 10.5. The van der Waals surface area contributed by atoms with E-state index in [2.05, 4.69) is 0 Å². The Labute approximate surface area is 159 Å². The molecule has 0 amide bonds. The summed E-state index contributed by atoms with van der Waals surface area (Å²) in [7, 11) is 0. The Balaban J connectivity index is 1.73. The van der Waals surface area contributed by atoms with Crippen molar-refractivity contribution in [2.75, 3.05) is 19.8 Å². The van der Waals surface area contributed by atoms with Gasteiger partial charge in [-0.25, -0.2) is 0 Å². The van der Waals surface area contributed by atoms with Gasteiger partial charge in [0.25, 0.3) is 0 Å². The number of ether oxygens (including phenoxy) is 2. The van der Waals surface area contributed by atoms with Gasteiger partial charge in [-0.3, -0.25) is 9.59 Å². The van der Waals surface area contributed by atoms with Crippen LogP contribution in [-0.2, 0) is 14.3 Å². The summed E-state index contributed by atoms with van der Waals surface area (Å²) in [6.45, 7) is 0.182. The molecule has 1 fully saturated rings. The third-order valence-electron chi connectivity index (χ3n) is 4.68. The number of Topliss-reactive ketones (excluding diaryl/α,β-unsaturated/α-hetero) is 1. The van der Waals surface area contributed by atoms with Gasteiger partial charge in [0.1, 0.15) is 18.1 Å². The van der Waals surface area contributed by atoms with Gasteiger partial charge in [0.15, 0.2) is 0 Å². The Morgan fingerprint density at radius 3 is 2.74 bits per heavy atom. The third-order valence-corrected chi connectivity index (χ3v) is 4.68. The largest absolute Gasteiger partial charge is 0.493 e. The molecule has 1 aromatic rings. The lowest BCUT2D eigenvalue weighted by molar-refractivity contribution is -0.144. The predicted octanol–water partition coefficient (Wildman–Crippen LogP) is 2.28. The van der Waals surface area contributed by atoms with E-state index in [1.165, 1.54) is 0 Å². The van der Waals surface area contributed by atoms with Crippen LogP contribution in [0.25, 0.3) is 0 Å². The Morgan fingerprint density at radius 1 is 1.22 bits per heavy atom. The molecule has 0 saturated heterocycles. The first-order valence-corrected chi connectivity index (χ1v) is 9.42. The van der Waals surface area contributed by atoms with Crippen LogP contribution in [0.15, 0.2) is 42.5 Å². The average molecular weight is 376 g/mol. The second kappa shape index (κ2) is 11.5. The molecule has 6 heteroatoms. The van der Waals surface area contributed by atoms with E-state index in [0.717, 1.165) is 5.75 Å². The number of esters is 1. The summed E-state index contributed by atoms with van der Waals surface area (Å²) in [5.41, 5.74) is 0. The highest BCUT2D eigenvalue weighted by Gasteiger charge is 2.41. The van der Waals surface area contributed by atoms with Crippen molar-refractivity contribution in [1.29, 1.82) is 0 Å². The van der Waals surface area contributed by atoms with Crippen molar-refractivity contribution in [3.8, 4) is 5.75 Å². The first kappa shape index (κ1) is 21.1. The molecule has 1 saturated carbocycles. The van der Waals surface area contributed by atoms with Crippen LogP contribution in [0.4, 0.5) is 0 Å². The van der Waals surface area contributed by atoms with Crippen molar-refractivity contribution in [1.82, 2.24) is 0 Å². The van der Waals surface area contributed by atoms with E-state index in [-0.39, 0.29) is 43.2 Å². The van der Waals surface area contributed by atoms with Gasteiger partial charge in [-0.05, 0) is 31.4 Å². The zero-order chi connectivity index (χ0) is 19.5. The molecular weight excluding hydrogens is 348 g/mol. The highest BCUT2D eigenvalue weighted by atomic mass is 16.5. The normalized spacial score (nSPS) is 22.3. The highest BCUT2D eigenvalue weighted by molar-refractivity contribution is 5.84. The fourth-order valence-electron chi connectivity index (χ4n) is 3.22. The second-order valence-corrected chi connectivity index (χ2v) is 6.68. The van der Waals surface area contributed by atoms with Crippen molar-refractivity contribution >= 4 is 11.8 Å². The predicted molar refractivity (Wildman–Crippen MR) is 100 cm³/mol. The fraction of sp³-hybridized carbons (Fsp3) is 0.524. The van der Waals surface area contributed by atoms with Gasteiger partial charge in [-0.1, -0.05) is 30.4 Å². The molecule has 3 atom stereocenters. The summed E-state index contributed by atoms with van der Waals surface area (Å²) in [6, 6.07) is 9.37. The first-order valence-electron chi connectivity index (χ1n) is 9.42. The van der Waals surface area contributed by atoms with Gasteiger partial charge in [-0.15, -0.1) is 0 Å². The first-order chi connectivity index (χ1) is 13.1. The maximum Gasteiger partial charge on any atom is 0.305 e. The van der Waals surface area contributed by atoms with E-state index >= 15 is 0 Å². The zero-order valence-corrected chi connectivity index (χ0v) is 15.5. The van der Waals surface area contributed by atoms with Crippen molar-refractivity contribution in [3.05, 3.63) is 42.5 Å². The Morgan fingerprint density at radius 2 is 2.00 bits per heavy atom. The van der Waals surface area contributed by atoms with E-state index in [0.29, 0.717) is 32.3 Å². The number of aliphatic hydroxyl groups is 2. The molecule has 0 unspecified atom stereocenters. The summed E-state index contributed by atoms with van der Waals surface area (Å²) in [4.78, 5) is 23.5. The lowest BCUT2D eigenvalue weighted by Gasteiger charge is -2.20. The standard InChI is InChI=1S/C21H28O6/c22-12-13-26-21(25)11-7-2-1-6-10-17-18(20(24)14-19(17)23)15-27-16-8-4-3-5-9-16/h1,3-6,8-9,17-18,20,22,24H,2,7,10-15H2/b6-1-/t17-,18-,20-/m1/s1. The number of unbranched alkanes of at least 4 members (excludes halogenated alkanes) is 1. The van der Waals surface area contributed by atoms with Gasteiger partial charge >= 0.3 is 5.97 Å². The minimum Gasteiger partial charge on any atom is -0.493 e. The Bertz CT molecular complexity index is 612. The number of hydrogen-bond donors (Lipinski definition) is 2. The van der Waals surface area contributed by atoms with Crippen molar-refractivity contribution in [3.63, 3.8) is 0 Å². The van der Waals surface area contributed by atoms with Gasteiger partial charge < -0.3 is 19.7 Å². The number of allylic oxidation sites excluding steroid dienone is 2. The van der Waals surface area contributed by atoms with E-state index < -0.39 is 6.10 Å². The average Bonchev–Trinajstić information content (AvgIpc) is 2.94. The summed E-state index contributed by atoms with van der Waals surface area (Å²) >= 11 is 0. The van der Waals surface area contributed by atoms with E-state index in [4.69, 9.17) is 14.6 Å². The lowest BCUT2D eigenvalue weighted by atomic mass is 9.91. The van der Waals surface area contributed by atoms with E-state index in [9.17, 15) is 14.7 Å². The molecule has 0 aromatic heterocycles. The molecule has 2 N–H and O–H groups in total. The molecule has 0 spiro atoms. The highest BCUT2D eigenvalue weighted by Crippen LogP contribution is 2.32. The number of ketones is 1. The van der Waals surface area contributed by atoms with Crippen LogP contribution in [-0.4, -0.2) is 47.9 Å². The van der Waals surface area contributed by atoms with Gasteiger partial charge in [0.2, 0.25) is 0 Å². The number of benzene rings is 1. The zero-order valence-electron chi connectivity index (χ0n) is 15.5. The molecule has 0 bridgehead atoms. The van der Waals surface area contributed by atoms with Crippen LogP contribution in [0, 0.1) is 11.8 Å².